The van der Waals surface area contributed by atoms with E-state index in [1.54, 1.807) is 49.1 Å². The van der Waals surface area contributed by atoms with E-state index in [1.165, 1.54) is 0 Å². The van der Waals surface area contributed by atoms with Crippen molar-refractivity contribution in [3.63, 3.8) is 0 Å². The Balaban J connectivity index is 4.08. The van der Waals surface area contributed by atoms with Crippen LogP contribution in [0.3, 0.4) is 0 Å². The molecule has 0 aromatic carbocycles. The summed E-state index contributed by atoms with van der Waals surface area (Å²) in [5.74, 6) is 1.01. The van der Waals surface area contributed by atoms with Gasteiger partial charge in [0.1, 0.15) is 21.5 Å². The van der Waals surface area contributed by atoms with Crippen molar-refractivity contribution in [1.29, 1.82) is 0 Å². The average molecular weight is 328 g/mol. The summed E-state index contributed by atoms with van der Waals surface area (Å²) in [5.41, 5.74) is 3.40. The van der Waals surface area contributed by atoms with Crippen molar-refractivity contribution in [2.75, 3.05) is 0 Å². The Morgan fingerprint density at radius 3 is 2.12 bits per heavy atom. The second-order valence-corrected chi connectivity index (χ2v) is 5.07. The molecule has 1 heterocycles. The van der Waals surface area contributed by atoms with Crippen LogP contribution in [0.5, 0.6) is 0 Å². The summed E-state index contributed by atoms with van der Waals surface area (Å²) in [6.07, 6.45) is 10.3. The maximum absolute atomic E-state index is 5.93. The van der Waals surface area contributed by atoms with Gasteiger partial charge < -0.3 is 0 Å². The second kappa shape index (κ2) is 9.62. The zero-order chi connectivity index (χ0) is 19.0. The molecule has 25 heavy (non-hydrogen) atoms. The quantitative estimate of drug-likeness (QED) is 0.438. The third kappa shape index (κ3) is 4.69. The average Bonchev–Trinajstić information content (AvgIpc) is 2.86. The standard InChI is InChI=1S/C19H22B2N4/c1-7-14-15(8-2)18(22-10-4)25(16(14)12-13(6)20)19(23-11-5)24-17(21)9-3/h7-12H,1-2H2,3-6H3/b13-12+,17-9-,22-10?,23-11?,24-19?. The minimum Gasteiger partial charge on any atom is -0.262 e. The van der Waals surface area contributed by atoms with Crippen LogP contribution in [0, 0.1) is 0 Å². The number of aromatic nitrogens is 1. The van der Waals surface area contributed by atoms with Crippen molar-refractivity contribution in [2.24, 2.45) is 15.0 Å². The second-order valence-electron chi connectivity index (χ2n) is 5.07. The molecule has 0 aliphatic heterocycles. The van der Waals surface area contributed by atoms with Crippen LogP contribution < -0.4 is 0 Å². The molecule has 1 aromatic rings. The Kier molecular flexibility index (Phi) is 7.86. The van der Waals surface area contributed by atoms with Crippen LogP contribution in [0.2, 0.25) is 0 Å². The van der Waals surface area contributed by atoms with E-state index in [4.69, 9.17) is 15.7 Å². The molecule has 0 bridgehead atoms. The zero-order valence-electron chi connectivity index (χ0n) is 15.3. The van der Waals surface area contributed by atoms with E-state index >= 15 is 0 Å². The van der Waals surface area contributed by atoms with Gasteiger partial charge >= 0.3 is 0 Å². The molecule has 4 radical (unpaired) electrons. The maximum Gasteiger partial charge on any atom is 0.234 e. The predicted molar refractivity (Wildman–Crippen MR) is 114 cm³/mol. The Morgan fingerprint density at radius 1 is 1.04 bits per heavy atom. The molecule has 4 nitrogen and oxygen atoms in total. The number of rotatable bonds is 5. The first-order chi connectivity index (χ1) is 11.9. The van der Waals surface area contributed by atoms with Gasteiger partial charge in [-0.15, -0.1) is 5.47 Å². The molecule has 0 N–H and O–H groups in total. The third-order valence-corrected chi connectivity index (χ3v) is 3.25. The highest BCUT2D eigenvalue weighted by Crippen LogP contribution is 2.33. The van der Waals surface area contributed by atoms with Crippen molar-refractivity contribution in [3.05, 3.63) is 47.1 Å². The van der Waals surface area contributed by atoms with Crippen LogP contribution in [-0.4, -0.2) is 38.6 Å². The van der Waals surface area contributed by atoms with Crippen molar-refractivity contribution >= 4 is 58.1 Å². The Labute approximate surface area is 153 Å². The van der Waals surface area contributed by atoms with E-state index < -0.39 is 0 Å². The van der Waals surface area contributed by atoms with Gasteiger partial charge in [-0.3, -0.25) is 4.57 Å². The van der Waals surface area contributed by atoms with E-state index in [-0.39, 0.29) is 0 Å². The van der Waals surface area contributed by atoms with E-state index in [0.29, 0.717) is 22.8 Å². The lowest BCUT2D eigenvalue weighted by Gasteiger charge is -2.10. The molecule has 0 saturated heterocycles. The Morgan fingerprint density at radius 2 is 1.68 bits per heavy atom. The van der Waals surface area contributed by atoms with Crippen molar-refractivity contribution < 1.29 is 0 Å². The van der Waals surface area contributed by atoms with Gasteiger partial charge in [-0.1, -0.05) is 38.3 Å². The molecule has 0 aliphatic carbocycles. The summed E-state index contributed by atoms with van der Waals surface area (Å²) in [4.78, 5) is 13.3. The number of nitrogens with zero attached hydrogens (tertiary/aromatic N) is 4. The molecular formula is C19H22B2N4. The van der Waals surface area contributed by atoms with Gasteiger partial charge in [0.05, 0.1) is 5.69 Å². The molecule has 0 saturated carbocycles. The van der Waals surface area contributed by atoms with E-state index in [9.17, 15) is 0 Å². The molecule has 1 rings (SSSR count). The lowest BCUT2D eigenvalue weighted by molar-refractivity contribution is 1.09. The van der Waals surface area contributed by atoms with Gasteiger partial charge in [0.2, 0.25) is 5.96 Å². The normalized spacial score (nSPS) is 13.8. The molecule has 0 atom stereocenters. The molecule has 124 valence electrons. The first-order valence-corrected chi connectivity index (χ1v) is 7.90. The highest BCUT2D eigenvalue weighted by molar-refractivity contribution is 6.24. The Hall–Kier alpha value is -2.62. The fourth-order valence-electron chi connectivity index (χ4n) is 2.27. The fraction of sp³-hybridized carbons (Fsp3) is 0.211. The molecule has 0 aliphatic rings. The minimum absolute atomic E-state index is 0.348. The first kappa shape index (κ1) is 20.4. The number of allylic oxidation sites excluding steroid dienone is 2. The number of hydrogen-bond acceptors (Lipinski definition) is 2. The highest BCUT2D eigenvalue weighted by atomic mass is 15.2. The summed E-state index contributed by atoms with van der Waals surface area (Å²) in [5, 5.41) is 0. The molecule has 6 heteroatoms. The van der Waals surface area contributed by atoms with Gasteiger partial charge in [0, 0.05) is 23.6 Å². The molecule has 1 aromatic heterocycles. The van der Waals surface area contributed by atoms with E-state index in [2.05, 4.69) is 28.1 Å². The van der Waals surface area contributed by atoms with Crippen molar-refractivity contribution in [3.8, 4) is 0 Å². The highest BCUT2D eigenvalue weighted by Gasteiger charge is 2.20. The first-order valence-electron chi connectivity index (χ1n) is 7.90. The summed E-state index contributed by atoms with van der Waals surface area (Å²) in [6, 6.07) is 0. The third-order valence-electron chi connectivity index (χ3n) is 3.25. The molecule has 0 unspecified atom stereocenters. The fourth-order valence-corrected chi connectivity index (χ4v) is 2.27. The maximum atomic E-state index is 5.93. The van der Waals surface area contributed by atoms with Crippen LogP contribution >= 0.6 is 0 Å². The van der Waals surface area contributed by atoms with Gasteiger partial charge in [-0.05, 0) is 32.4 Å². The summed E-state index contributed by atoms with van der Waals surface area (Å²) < 4.78 is 1.79. The minimum atomic E-state index is 0.348. The molecular weight excluding hydrogens is 306 g/mol. The van der Waals surface area contributed by atoms with Crippen LogP contribution in [0.25, 0.3) is 18.2 Å². The lowest BCUT2D eigenvalue weighted by atomic mass is 9.95. The topological polar surface area (TPSA) is 42.0 Å². The smallest absolute Gasteiger partial charge is 0.234 e. The molecule has 0 spiro atoms. The van der Waals surface area contributed by atoms with Crippen LogP contribution in [-0.2, 0) is 0 Å². The van der Waals surface area contributed by atoms with Crippen LogP contribution in [0.4, 0.5) is 5.82 Å². The van der Waals surface area contributed by atoms with Gasteiger partial charge in [-0.2, -0.15) is 0 Å². The monoisotopic (exact) mass is 328 g/mol. The lowest BCUT2D eigenvalue weighted by Crippen LogP contribution is -2.12. The molecule has 0 amide bonds. The van der Waals surface area contributed by atoms with E-state index in [1.807, 2.05) is 19.9 Å². The van der Waals surface area contributed by atoms with Gasteiger partial charge in [-0.25, -0.2) is 15.0 Å². The zero-order valence-corrected chi connectivity index (χ0v) is 15.3. The number of aliphatic imine (C=N–C) groups is 3. The summed E-state index contributed by atoms with van der Waals surface area (Å²) in [7, 11) is 11.8. The number of hydrogen-bond donors (Lipinski definition) is 0. The molecule has 0 fully saturated rings. The predicted octanol–water partition coefficient (Wildman–Crippen LogP) is 4.35. The van der Waals surface area contributed by atoms with Crippen molar-refractivity contribution in [1.82, 2.24) is 4.57 Å². The SMILES string of the molecule is [B]/C(C)=C/c1c(C=C)c(C=C)c(N=CC)n1C(N=CC)=N/C([B])=C\C. The van der Waals surface area contributed by atoms with Gasteiger partial charge in [0.15, 0.2) is 0 Å². The van der Waals surface area contributed by atoms with Crippen LogP contribution in [0.1, 0.15) is 44.5 Å². The Bertz CT molecular complexity index is 802. The van der Waals surface area contributed by atoms with Gasteiger partial charge in [0.25, 0.3) is 0 Å². The summed E-state index contributed by atoms with van der Waals surface area (Å²) in [6.45, 7) is 15.1. The summed E-state index contributed by atoms with van der Waals surface area (Å²) >= 11 is 0. The van der Waals surface area contributed by atoms with E-state index in [0.717, 1.165) is 16.8 Å². The largest absolute Gasteiger partial charge is 0.262 e. The van der Waals surface area contributed by atoms with Crippen LogP contribution in [0.15, 0.2) is 45.3 Å². The van der Waals surface area contributed by atoms with Crippen molar-refractivity contribution in [2.45, 2.75) is 27.7 Å².